The van der Waals surface area contributed by atoms with Crippen molar-refractivity contribution in [1.29, 1.82) is 0 Å². The molecule has 1 rings (SSSR count). The van der Waals surface area contributed by atoms with Crippen LogP contribution in [0.25, 0.3) is 0 Å². The third-order valence-corrected chi connectivity index (χ3v) is 2.18. The van der Waals surface area contributed by atoms with Gasteiger partial charge in [0.1, 0.15) is 5.76 Å². The fourth-order valence-electron chi connectivity index (χ4n) is 1.49. The zero-order valence-corrected chi connectivity index (χ0v) is 8.55. The number of hydrogen-bond donors (Lipinski definition) is 1. The first-order valence-electron chi connectivity index (χ1n) is 5.15. The average molecular weight is 181 g/mol. The molecule has 0 fully saturated rings. The Hall–Kier alpha value is -0.760. The highest BCUT2D eigenvalue weighted by Gasteiger charge is 2.11. The molecule has 0 aliphatic carbocycles. The predicted molar refractivity (Wildman–Crippen MR) is 54.7 cm³/mol. The number of rotatable bonds is 6. The van der Waals surface area contributed by atoms with Crippen molar-refractivity contribution >= 4 is 0 Å². The summed E-state index contributed by atoms with van der Waals surface area (Å²) in [4.78, 5) is 0. The summed E-state index contributed by atoms with van der Waals surface area (Å²) in [5.41, 5.74) is 0. The van der Waals surface area contributed by atoms with Gasteiger partial charge >= 0.3 is 0 Å². The number of nitrogens with one attached hydrogen (secondary N) is 1. The van der Waals surface area contributed by atoms with Crippen molar-refractivity contribution in [2.24, 2.45) is 0 Å². The summed E-state index contributed by atoms with van der Waals surface area (Å²) in [7, 11) is 0. The molecular formula is C11H19NO. The maximum atomic E-state index is 5.38. The highest BCUT2D eigenvalue weighted by atomic mass is 16.3. The highest BCUT2D eigenvalue weighted by Crippen LogP contribution is 2.19. The fourth-order valence-corrected chi connectivity index (χ4v) is 1.49. The molecule has 74 valence electrons. The average Bonchev–Trinajstić information content (AvgIpc) is 2.65. The van der Waals surface area contributed by atoms with Crippen LogP contribution in [0.15, 0.2) is 22.8 Å². The molecule has 1 heterocycles. The van der Waals surface area contributed by atoms with Crippen LogP contribution in [0.5, 0.6) is 0 Å². The van der Waals surface area contributed by atoms with E-state index in [9.17, 15) is 0 Å². The van der Waals surface area contributed by atoms with Crippen molar-refractivity contribution in [2.75, 3.05) is 6.54 Å². The van der Waals surface area contributed by atoms with Crippen LogP contribution in [0.4, 0.5) is 0 Å². The molecule has 2 nitrogen and oxygen atoms in total. The minimum Gasteiger partial charge on any atom is -0.468 e. The van der Waals surface area contributed by atoms with Crippen LogP contribution < -0.4 is 5.32 Å². The Morgan fingerprint density at radius 1 is 1.46 bits per heavy atom. The first kappa shape index (κ1) is 10.3. The zero-order chi connectivity index (χ0) is 9.52. The quantitative estimate of drug-likeness (QED) is 0.729. The van der Waals surface area contributed by atoms with Crippen molar-refractivity contribution in [3.63, 3.8) is 0 Å². The Bertz CT molecular complexity index is 206. The Morgan fingerprint density at radius 3 is 2.85 bits per heavy atom. The Balaban J connectivity index is 2.47. The summed E-state index contributed by atoms with van der Waals surface area (Å²) in [6.45, 7) is 5.34. The second-order valence-corrected chi connectivity index (χ2v) is 3.27. The molecule has 1 aromatic rings. The van der Waals surface area contributed by atoms with E-state index in [4.69, 9.17) is 4.42 Å². The van der Waals surface area contributed by atoms with Gasteiger partial charge in [-0.25, -0.2) is 0 Å². The van der Waals surface area contributed by atoms with Gasteiger partial charge in [-0.1, -0.05) is 26.7 Å². The second kappa shape index (κ2) is 5.81. The molecule has 1 unspecified atom stereocenters. The van der Waals surface area contributed by atoms with Crippen LogP contribution in [0, 0.1) is 0 Å². The van der Waals surface area contributed by atoms with Gasteiger partial charge in [-0.05, 0) is 25.1 Å². The maximum absolute atomic E-state index is 5.38. The molecule has 0 bridgehead atoms. The minimum absolute atomic E-state index is 0.403. The van der Waals surface area contributed by atoms with Gasteiger partial charge in [0.15, 0.2) is 0 Å². The third-order valence-electron chi connectivity index (χ3n) is 2.18. The third kappa shape index (κ3) is 3.23. The van der Waals surface area contributed by atoms with E-state index in [1.54, 1.807) is 6.26 Å². The van der Waals surface area contributed by atoms with Gasteiger partial charge in [0.2, 0.25) is 0 Å². The van der Waals surface area contributed by atoms with Crippen LogP contribution in [0.3, 0.4) is 0 Å². The molecule has 1 N–H and O–H groups in total. The van der Waals surface area contributed by atoms with E-state index < -0.39 is 0 Å². The van der Waals surface area contributed by atoms with Crippen LogP contribution in [-0.4, -0.2) is 6.54 Å². The molecule has 0 saturated carbocycles. The van der Waals surface area contributed by atoms with Crippen LogP contribution >= 0.6 is 0 Å². The number of hydrogen-bond acceptors (Lipinski definition) is 2. The fraction of sp³-hybridized carbons (Fsp3) is 0.636. The molecular weight excluding hydrogens is 162 g/mol. The lowest BCUT2D eigenvalue weighted by atomic mass is 10.1. The van der Waals surface area contributed by atoms with E-state index in [1.807, 2.05) is 12.1 Å². The van der Waals surface area contributed by atoms with E-state index in [0.29, 0.717) is 6.04 Å². The number of unbranched alkanes of at least 4 members (excludes halogenated alkanes) is 1. The molecule has 1 aromatic heterocycles. The first-order valence-corrected chi connectivity index (χ1v) is 5.15. The molecule has 1 atom stereocenters. The van der Waals surface area contributed by atoms with Crippen molar-refractivity contribution in [3.05, 3.63) is 24.2 Å². The lowest BCUT2D eigenvalue weighted by Crippen LogP contribution is -2.20. The Labute approximate surface area is 80.3 Å². The molecule has 0 amide bonds. The molecule has 13 heavy (non-hydrogen) atoms. The summed E-state index contributed by atoms with van der Waals surface area (Å²) in [6.07, 6.45) is 5.39. The summed E-state index contributed by atoms with van der Waals surface area (Å²) in [6, 6.07) is 4.40. The minimum atomic E-state index is 0.403. The van der Waals surface area contributed by atoms with E-state index in [2.05, 4.69) is 19.2 Å². The van der Waals surface area contributed by atoms with E-state index in [1.165, 1.54) is 12.8 Å². The summed E-state index contributed by atoms with van der Waals surface area (Å²) in [5.74, 6) is 1.07. The summed E-state index contributed by atoms with van der Waals surface area (Å²) in [5, 5.41) is 3.43. The predicted octanol–water partition coefficient (Wildman–Crippen LogP) is 3.12. The van der Waals surface area contributed by atoms with Gasteiger partial charge in [0.05, 0.1) is 12.3 Å². The molecule has 0 aliphatic heterocycles. The van der Waals surface area contributed by atoms with Crippen LogP contribution in [0.2, 0.25) is 0 Å². The molecule has 0 aromatic carbocycles. The van der Waals surface area contributed by atoms with Crippen LogP contribution in [-0.2, 0) is 0 Å². The second-order valence-electron chi connectivity index (χ2n) is 3.27. The normalized spacial score (nSPS) is 13.1. The molecule has 0 aliphatic rings. The monoisotopic (exact) mass is 181 g/mol. The van der Waals surface area contributed by atoms with Gasteiger partial charge in [-0.2, -0.15) is 0 Å². The van der Waals surface area contributed by atoms with Gasteiger partial charge in [-0.3, -0.25) is 0 Å². The molecule has 0 spiro atoms. The Kier molecular flexibility index (Phi) is 4.61. The van der Waals surface area contributed by atoms with Gasteiger partial charge < -0.3 is 9.73 Å². The van der Waals surface area contributed by atoms with Gasteiger partial charge in [-0.15, -0.1) is 0 Å². The topological polar surface area (TPSA) is 25.2 Å². The zero-order valence-electron chi connectivity index (χ0n) is 8.55. The maximum Gasteiger partial charge on any atom is 0.120 e. The smallest absolute Gasteiger partial charge is 0.120 e. The van der Waals surface area contributed by atoms with E-state index in [-0.39, 0.29) is 0 Å². The van der Waals surface area contributed by atoms with E-state index >= 15 is 0 Å². The SMILES string of the molecule is CCCCC(NCC)c1ccco1. The largest absolute Gasteiger partial charge is 0.468 e. The van der Waals surface area contributed by atoms with Gasteiger partial charge in [0, 0.05) is 0 Å². The van der Waals surface area contributed by atoms with Crippen molar-refractivity contribution < 1.29 is 4.42 Å². The number of furan rings is 1. The van der Waals surface area contributed by atoms with E-state index in [0.717, 1.165) is 18.7 Å². The van der Waals surface area contributed by atoms with Crippen molar-refractivity contribution in [1.82, 2.24) is 5.32 Å². The summed E-state index contributed by atoms with van der Waals surface area (Å²) < 4.78 is 5.38. The highest BCUT2D eigenvalue weighted by molar-refractivity contribution is 5.04. The van der Waals surface area contributed by atoms with Gasteiger partial charge in [0.25, 0.3) is 0 Å². The Morgan fingerprint density at radius 2 is 2.31 bits per heavy atom. The lowest BCUT2D eigenvalue weighted by Gasteiger charge is -2.14. The lowest BCUT2D eigenvalue weighted by molar-refractivity contribution is 0.394. The van der Waals surface area contributed by atoms with Crippen molar-refractivity contribution in [2.45, 2.75) is 39.2 Å². The molecule has 2 heteroatoms. The van der Waals surface area contributed by atoms with Crippen LogP contribution in [0.1, 0.15) is 44.9 Å². The van der Waals surface area contributed by atoms with Crippen molar-refractivity contribution in [3.8, 4) is 0 Å². The first-order chi connectivity index (χ1) is 6.38. The standard InChI is InChI=1S/C11H19NO/c1-3-5-7-10(12-4-2)11-8-6-9-13-11/h6,8-10,12H,3-5,7H2,1-2H3. The summed E-state index contributed by atoms with van der Waals surface area (Å²) >= 11 is 0. The molecule has 0 radical (unpaired) electrons. The molecule has 0 saturated heterocycles.